The van der Waals surface area contributed by atoms with Gasteiger partial charge >= 0.3 is 0 Å². The fourth-order valence-corrected chi connectivity index (χ4v) is 2.25. The van der Waals surface area contributed by atoms with Crippen LogP contribution in [0.5, 0.6) is 0 Å². The molecule has 1 aliphatic rings. The molecule has 0 aromatic carbocycles. The van der Waals surface area contributed by atoms with Gasteiger partial charge in [-0.15, -0.1) is 0 Å². The van der Waals surface area contributed by atoms with Crippen LogP contribution in [0.4, 0.5) is 0 Å². The summed E-state index contributed by atoms with van der Waals surface area (Å²) in [5.41, 5.74) is 0.259. The molecule has 1 aliphatic heterocycles. The van der Waals surface area contributed by atoms with Crippen LogP contribution in [-0.2, 0) is 11.8 Å². The number of nitrogens with one attached hydrogen (secondary N) is 1. The molecule has 102 valence electrons. The molecule has 1 fully saturated rings. The Morgan fingerprint density at radius 1 is 1.42 bits per heavy atom. The van der Waals surface area contributed by atoms with Crippen molar-refractivity contribution in [2.45, 2.75) is 19.4 Å². The first kappa shape index (κ1) is 13.3. The summed E-state index contributed by atoms with van der Waals surface area (Å²) in [6.45, 7) is 2.83. The van der Waals surface area contributed by atoms with Gasteiger partial charge in [-0.2, -0.15) is 0 Å². The second-order valence-corrected chi connectivity index (χ2v) is 4.58. The molecule has 6 nitrogen and oxygen atoms in total. The average molecular weight is 263 g/mol. The highest BCUT2D eigenvalue weighted by Gasteiger charge is 2.32. The van der Waals surface area contributed by atoms with Crippen LogP contribution in [0.15, 0.2) is 23.1 Å². The Balaban J connectivity index is 2.29. The molecule has 1 aromatic rings. The van der Waals surface area contributed by atoms with E-state index >= 15 is 0 Å². The second kappa shape index (κ2) is 5.26. The van der Waals surface area contributed by atoms with Crippen molar-refractivity contribution in [1.29, 1.82) is 0 Å². The molecule has 2 heterocycles. The predicted octanol–water partition coefficient (Wildman–Crippen LogP) is -0.264. The first-order valence-corrected chi connectivity index (χ1v) is 6.30. The van der Waals surface area contributed by atoms with Gasteiger partial charge in [-0.1, -0.05) is 6.92 Å². The van der Waals surface area contributed by atoms with Crippen molar-refractivity contribution in [2.75, 3.05) is 13.1 Å². The highest BCUT2D eigenvalue weighted by atomic mass is 16.2. The summed E-state index contributed by atoms with van der Waals surface area (Å²) in [7, 11) is 1.60. The van der Waals surface area contributed by atoms with Crippen LogP contribution < -0.4 is 10.9 Å². The molecule has 6 heteroatoms. The number of piperazine rings is 1. The first-order valence-electron chi connectivity index (χ1n) is 6.30. The Labute approximate surface area is 111 Å². The molecule has 19 heavy (non-hydrogen) atoms. The smallest absolute Gasteiger partial charge is 0.256 e. The summed E-state index contributed by atoms with van der Waals surface area (Å²) in [4.78, 5) is 37.0. The predicted molar refractivity (Wildman–Crippen MR) is 69.8 cm³/mol. The third kappa shape index (κ3) is 2.52. The second-order valence-electron chi connectivity index (χ2n) is 4.58. The maximum absolute atomic E-state index is 12.4. The molecule has 2 rings (SSSR count). The third-order valence-electron chi connectivity index (χ3n) is 3.31. The van der Waals surface area contributed by atoms with Gasteiger partial charge < -0.3 is 14.8 Å². The van der Waals surface area contributed by atoms with Crippen molar-refractivity contribution < 1.29 is 9.59 Å². The highest BCUT2D eigenvalue weighted by molar-refractivity contribution is 5.97. The summed E-state index contributed by atoms with van der Waals surface area (Å²) in [6, 6.07) is 2.43. The topological polar surface area (TPSA) is 71.4 Å². The van der Waals surface area contributed by atoms with Gasteiger partial charge in [0, 0.05) is 32.4 Å². The maximum Gasteiger partial charge on any atom is 0.256 e. The lowest BCUT2D eigenvalue weighted by Gasteiger charge is -2.34. The number of amides is 2. The fourth-order valence-electron chi connectivity index (χ4n) is 2.25. The van der Waals surface area contributed by atoms with Crippen LogP contribution in [-0.4, -0.2) is 40.4 Å². The number of aromatic nitrogens is 1. The third-order valence-corrected chi connectivity index (χ3v) is 3.31. The SMILES string of the molecule is CCC1C(=O)NCCN1C(=O)c1ccc(=O)n(C)c1. The van der Waals surface area contributed by atoms with Gasteiger partial charge in [0.2, 0.25) is 11.5 Å². The van der Waals surface area contributed by atoms with Crippen LogP contribution in [0, 0.1) is 0 Å². The standard InChI is InChI=1S/C13H17N3O3/c1-3-10-12(18)14-6-7-16(10)13(19)9-4-5-11(17)15(2)8-9/h4-5,8,10H,3,6-7H2,1-2H3,(H,14,18). The van der Waals surface area contributed by atoms with Crippen LogP contribution in [0.3, 0.4) is 0 Å². The van der Waals surface area contributed by atoms with Crippen LogP contribution in [0.2, 0.25) is 0 Å². The molecular weight excluding hydrogens is 246 g/mol. The summed E-state index contributed by atoms with van der Waals surface area (Å²) in [5, 5.41) is 2.75. The molecule has 1 unspecified atom stereocenters. The number of carbonyl (C=O) groups excluding carboxylic acids is 2. The minimum absolute atomic E-state index is 0.119. The van der Waals surface area contributed by atoms with Gasteiger partial charge in [-0.05, 0) is 12.5 Å². The Kier molecular flexibility index (Phi) is 3.69. The minimum atomic E-state index is -0.432. The first-order chi connectivity index (χ1) is 9.04. The summed E-state index contributed by atoms with van der Waals surface area (Å²) < 4.78 is 1.36. The van der Waals surface area contributed by atoms with E-state index in [0.717, 1.165) is 0 Å². The van der Waals surface area contributed by atoms with Gasteiger partial charge in [0.1, 0.15) is 6.04 Å². The monoisotopic (exact) mass is 263 g/mol. The molecular formula is C13H17N3O3. The fraction of sp³-hybridized carbons (Fsp3) is 0.462. The number of pyridine rings is 1. The Morgan fingerprint density at radius 3 is 2.79 bits per heavy atom. The van der Waals surface area contributed by atoms with E-state index in [0.29, 0.717) is 25.1 Å². The maximum atomic E-state index is 12.4. The van der Waals surface area contributed by atoms with Gasteiger partial charge in [-0.3, -0.25) is 14.4 Å². The zero-order valence-corrected chi connectivity index (χ0v) is 11.0. The normalized spacial score (nSPS) is 19.2. The molecule has 0 aliphatic carbocycles. The van der Waals surface area contributed by atoms with Crippen molar-refractivity contribution in [2.24, 2.45) is 7.05 Å². The number of carbonyl (C=O) groups is 2. The molecule has 1 aromatic heterocycles. The largest absolute Gasteiger partial charge is 0.353 e. The zero-order valence-electron chi connectivity index (χ0n) is 11.0. The van der Waals surface area contributed by atoms with E-state index in [9.17, 15) is 14.4 Å². The van der Waals surface area contributed by atoms with Crippen molar-refractivity contribution >= 4 is 11.8 Å². The molecule has 1 saturated heterocycles. The lowest BCUT2D eigenvalue weighted by atomic mass is 10.1. The summed E-state index contributed by atoms with van der Waals surface area (Å²) >= 11 is 0. The van der Waals surface area contributed by atoms with Gasteiger partial charge in [0.15, 0.2) is 0 Å². The zero-order chi connectivity index (χ0) is 14.0. The number of rotatable bonds is 2. The van der Waals surface area contributed by atoms with E-state index in [2.05, 4.69) is 5.32 Å². The lowest BCUT2D eigenvalue weighted by Crippen LogP contribution is -2.57. The van der Waals surface area contributed by atoms with E-state index in [1.165, 1.54) is 22.9 Å². The number of hydrogen-bond acceptors (Lipinski definition) is 3. The van der Waals surface area contributed by atoms with E-state index in [-0.39, 0.29) is 17.4 Å². The van der Waals surface area contributed by atoms with Crippen LogP contribution >= 0.6 is 0 Å². The lowest BCUT2D eigenvalue weighted by molar-refractivity contribution is -0.127. The van der Waals surface area contributed by atoms with Gasteiger partial charge in [0.05, 0.1) is 5.56 Å². The van der Waals surface area contributed by atoms with E-state index in [1.54, 1.807) is 11.9 Å². The quantitative estimate of drug-likeness (QED) is 0.799. The average Bonchev–Trinajstić information content (AvgIpc) is 2.40. The van der Waals surface area contributed by atoms with Crippen molar-refractivity contribution in [3.05, 3.63) is 34.2 Å². The molecule has 1 atom stereocenters. The molecule has 0 radical (unpaired) electrons. The molecule has 0 saturated carbocycles. The van der Waals surface area contributed by atoms with Gasteiger partial charge in [-0.25, -0.2) is 0 Å². The number of aryl methyl sites for hydroxylation is 1. The van der Waals surface area contributed by atoms with Crippen LogP contribution in [0.25, 0.3) is 0 Å². The van der Waals surface area contributed by atoms with E-state index < -0.39 is 6.04 Å². The van der Waals surface area contributed by atoms with Crippen molar-refractivity contribution in [3.63, 3.8) is 0 Å². The summed E-state index contributed by atoms with van der Waals surface area (Å²) in [5.74, 6) is -0.329. The molecule has 1 N–H and O–H groups in total. The number of nitrogens with zero attached hydrogens (tertiary/aromatic N) is 2. The highest BCUT2D eigenvalue weighted by Crippen LogP contribution is 2.12. The Bertz CT molecular complexity index is 564. The van der Waals surface area contributed by atoms with Crippen molar-refractivity contribution in [3.8, 4) is 0 Å². The van der Waals surface area contributed by atoms with E-state index in [1.807, 2.05) is 6.92 Å². The Hall–Kier alpha value is -2.11. The number of hydrogen-bond donors (Lipinski definition) is 1. The van der Waals surface area contributed by atoms with Crippen molar-refractivity contribution in [1.82, 2.24) is 14.8 Å². The Morgan fingerprint density at radius 2 is 2.16 bits per heavy atom. The summed E-state index contributed by atoms with van der Waals surface area (Å²) in [6.07, 6.45) is 2.08. The molecule has 0 bridgehead atoms. The molecule has 0 spiro atoms. The molecule has 2 amide bonds. The van der Waals surface area contributed by atoms with Crippen LogP contribution in [0.1, 0.15) is 23.7 Å². The minimum Gasteiger partial charge on any atom is -0.353 e. The van der Waals surface area contributed by atoms with E-state index in [4.69, 9.17) is 0 Å². The van der Waals surface area contributed by atoms with Gasteiger partial charge in [0.25, 0.3) is 5.91 Å².